The van der Waals surface area contributed by atoms with Gasteiger partial charge in [-0.3, -0.25) is 9.78 Å². The molecule has 0 radical (unpaired) electrons. The monoisotopic (exact) mass is 309 g/mol. The maximum Gasteiger partial charge on any atom is 0.184 e. The van der Waals surface area contributed by atoms with E-state index in [-0.39, 0.29) is 0 Å². The molecule has 0 atom stereocenters. The van der Waals surface area contributed by atoms with Gasteiger partial charge in [-0.15, -0.1) is 0 Å². The molecule has 0 spiro atoms. The van der Waals surface area contributed by atoms with Crippen molar-refractivity contribution < 1.29 is 4.74 Å². The molecule has 0 aliphatic carbocycles. The van der Waals surface area contributed by atoms with Crippen LogP contribution in [0.15, 0.2) is 42.7 Å². The Bertz CT molecular complexity index is 758. The second kappa shape index (κ2) is 6.34. The molecule has 3 heterocycles. The summed E-state index contributed by atoms with van der Waals surface area (Å²) in [6.07, 6.45) is 5.81. The van der Waals surface area contributed by atoms with Crippen molar-refractivity contribution in [3.05, 3.63) is 54.1 Å². The number of H-pyrrole nitrogens is 1. The molecule has 0 amide bonds. The fourth-order valence-electron chi connectivity index (χ4n) is 2.89. The summed E-state index contributed by atoms with van der Waals surface area (Å²) < 4.78 is 7.31. The number of aromatic nitrogens is 5. The molecule has 23 heavy (non-hydrogen) atoms. The van der Waals surface area contributed by atoms with Gasteiger partial charge in [-0.1, -0.05) is 30.3 Å². The van der Waals surface area contributed by atoms with Gasteiger partial charge in [0.2, 0.25) is 0 Å². The lowest BCUT2D eigenvalue weighted by molar-refractivity contribution is 0.0836. The maximum atomic E-state index is 5.40. The molecule has 0 bridgehead atoms. The van der Waals surface area contributed by atoms with Crippen molar-refractivity contribution in [2.75, 3.05) is 13.2 Å². The Balaban J connectivity index is 1.49. The van der Waals surface area contributed by atoms with E-state index in [1.807, 2.05) is 35.3 Å². The van der Waals surface area contributed by atoms with Crippen molar-refractivity contribution in [2.45, 2.75) is 25.3 Å². The number of hydrogen-bond donors (Lipinski definition) is 1. The average Bonchev–Trinajstić information content (AvgIpc) is 3.26. The van der Waals surface area contributed by atoms with E-state index in [1.165, 1.54) is 5.56 Å². The Kier molecular flexibility index (Phi) is 3.90. The smallest absolute Gasteiger partial charge is 0.184 e. The molecule has 4 rings (SSSR count). The lowest BCUT2D eigenvalue weighted by atomic mass is 10.00. The highest BCUT2D eigenvalue weighted by molar-refractivity contribution is 5.51. The minimum atomic E-state index is 0.421. The molecule has 1 aliphatic rings. The number of hydrogen-bond acceptors (Lipinski definition) is 4. The lowest BCUT2D eigenvalue weighted by Crippen LogP contribution is -2.15. The second-order valence-electron chi connectivity index (χ2n) is 5.84. The molecule has 1 aliphatic heterocycles. The summed E-state index contributed by atoms with van der Waals surface area (Å²) >= 11 is 0. The van der Waals surface area contributed by atoms with Gasteiger partial charge < -0.3 is 4.74 Å². The molecule has 1 fully saturated rings. The van der Waals surface area contributed by atoms with Crippen LogP contribution in [-0.2, 0) is 11.3 Å². The predicted molar refractivity (Wildman–Crippen MR) is 85.9 cm³/mol. The van der Waals surface area contributed by atoms with Crippen LogP contribution < -0.4 is 0 Å². The van der Waals surface area contributed by atoms with Crippen molar-refractivity contribution in [1.29, 1.82) is 0 Å². The zero-order chi connectivity index (χ0) is 15.5. The third-order valence-corrected chi connectivity index (χ3v) is 4.19. The van der Waals surface area contributed by atoms with E-state index in [0.29, 0.717) is 11.7 Å². The normalized spacial score (nSPS) is 15.8. The summed E-state index contributed by atoms with van der Waals surface area (Å²) in [7, 11) is 0. The average molecular weight is 309 g/mol. The van der Waals surface area contributed by atoms with Crippen LogP contribution in [0.4, 0.5) is 0 Å². The first-order valence-electron chi connectivity index (χ1n) is 7.95. The highest BCUT2D eigenvalue weighted by atomic mass is 16.5. The Morgan fingerprint density at radius 2 is 2.00 bits per heavy atom. The van der Waals surface area contributed by atoms with Gasteiger partial charge in [-0.25, -0.2) is 4.98 Å². The number of rotatable bonds is 4. The molecule has 2 aromatic heterocycles. The van der Waals surface area contributed by atoms with Crippen LogP contribution in [0.25, 0.3) is 11.4 Å². The fourth-order valence-corrected chi connectivity index (χ4v) is 2.89. The molecular formula is C17H19N5O. The van der Waals surface area contributed by atoms with Crippen molar-refractivity contribution in [2.24, 2.45) is 0 Å². The Morgan fingerprint density at radius 3 is 2.83 bits per heavy atom. The molecule has 1 N–H and O–H groups in total. The summed E-state index contributed by atoms with van der Waals surface area (Å²) in [4.78, 5) is 4.65. The maximum absolute atomic E-state index is 5.40. The van der Waals surface area contributed by atoms with E-state index in [2.05, 4.69) is 32.4 Å². The van der Waals surface area contributed by atoms with Gasteiger partial charge in [0.25, 0.3) is 0 Å². The van der Waals surface area contributed by atoms with Crippen molar-refractivity contribution in [3.8, 4) is 11.4 Å². The number of nitrogens with zero attached hydrogens (tertiary/aromatic N) is 4. The predicted octanol–water partition coefficient (Wildman–Crippen LogP) is 2.61. The molecule has 6 nitrogen and oxygen atoms in total. The Morgan fingerprint density at radius 1 is 1.17 bits per heavy atom. The summed E-state index contributed by atoms with van der Waals surface area (Å²) in [6, 6.07) is 10.3. The van der Waals surface area contributed by atoms with Gasteiger partial charge in [0, 0.05) is 25.3 Å². The van der Waals surface area contributed by atoms with Crippen LogP contribution in [0.2, 0.25) is 0 Å². The van der Waals surface area contributed by atoms with E-state index in [1.54, 1.807) is 0 Å². The lowest BCUT2D eigenvalue weighted by Gasteiger charge is -2.19. The van der Waals surface area contributed by atoms with Crippen LogP contribution >= 0.6 is 0 Å². The van der Waals surface area contributed by atoms with E-state index < -0.39 is 0 Å². The van der Waals surface area contributed by atoms with Gasteiger partial charge in [-0.2, -0.15) is 10.2 Å². The minimum absolute atomic E-state index is 0.421. The van der Waals surface area contributed by atoms with Gasteiger partial charge in [0.1, 0.15) is 5.82 Å². The Hall–Kier alpha value is -2.47. The molecule has 6 heteroatoms. The highest BCUT2D eigenvalue weighted by Crippen LogP contribution is 2.25. The molecular weight excluding hydrogens is 290 g/mol. The van der Waals surface area contributed by atoms with Crippen LogP contribution in [0.1, 0.15) is 30.1 Å². The number of benzene rings is 1. The third-order valence-electron chi connectivity index (χ3n) is 4.19. The van der Waals surface area contributed by atoms with Crippen molar-refractivity contribution in [3.63, 3.8) is 0 Å². The molecule has 1 aromatic carbocycles. The van der Waals surface area contributed by atoms with Gasteiger partial charge in [0.15, 0.2) is 5.82 Å². The third kappa shape index (κ3) is 3.17. The second-order valence-corrected chi connectivity index (χ2v) is 5.84. The molecule has 0 saturated carbocycles. The van der Waals surface area contributed by atoms with Crippen molar-refractivity contribution >= 4 is 0 Å². The van der Waals surface area contributed by atoms with E-state index in [4.69, 9.17) is 4.74 Å². The largest absolute Gasteiger partial charge is 0.381 e. The first kappa shape index (κ1) is 14.1. The summed E-state index contributed by atoms with van der Waals surface area (Å²) in [5.74, 6) is 2.09. The minimum Gasteiger partial charge on any atom is -0.381 e. The summed E-state index contributed by atoms with van der Waals surface area (Å²) in [5.41, 5.74) is 2.16. The Labute approximate surface area is 134 Å². The topological polar surface area (TPSA) is 68.6 Å². The summed E-state index contributed by atoms with van der Waals surface area (Å²) in [6.45, 7) is 2.35. The first-order valence-corrected chi connectivity index (χ1v) is 7.95. The first-order chi connectivity index (χ1) is 11.4. The van der Waals surface area contributed by atoms with Gasteiger partial charge in [-0.05, 0) is 18.4 Å². The standard InChI is InChI=1S/C17H19N5O/c1-2-4-13(5-3-1)11-22-12-15(10-18-22)17-19-16(20-21-17)14-6-8-23-9-7-14/h1-5,10,12,14H,6-9,11H2,(H,19,20,21). The zero-order valence-corrected chi connectivity index (χ0v) is 12.9. The van der Waals surface area contributed by atoms with E-state index in [0.717, 1.165) is 44.0 Å². The zero-order valence-electron chi connectivity index (χ0n) is 12.9. The number of aromatic amines is 1. The van der Waals surface area contributed by atoms with Gasteiger partial charge >= 0.3 is 0 Å². The molecule has 118 valence electrons. The molecule has 3 aromatic rings. The summed E-state index contributed by atoms with van der Waals surface area (Å²) in [5, 5.41) is 11.8. The fraction of sp³-hybridized carbons (Fsp3) is 0.353. The number of ether oxygens (including phenoxy) is 1. The quantitative estimate of drug-likeness (QED) is 0.804. The SMILES string of the molecule is c1ccc(Cn2cc(-c3n[nH]c(C4CCOCC4)n3)cn2)cc1. The van der Waals surface area contributed by atoms with Crippen LogP contribution in [0, 0.1) is 0 Å². The van der Waals surface area contributed by atoms with E-state index >= 15 is 0 Å². The van der Waals surface area contributed by atoms with Gasteiger partial charge in [0.05, 0.1) is 18.3 Å². The van der Waals surface area contributed by atoms with E-state index in [9.17, 15) is 0 Å². The highest BCUT2D eigenvalue weighted by Gasteiger charge is 2.20. The van der Waals surface area contributed by atoms with Crippen LogP contribution in [0.5, 0.6) is 0 Å². The molecule has 0 unspecified atom stereocenters. The molecule has 1 saturated heterocycles. The van der Waals surface area contributed by atoms with Crippen LogP contribution in [0.3, 0.4) is 0 Å². The van der Waals surface area contributed by atoms with Crippen molar-refractivity contribution in [1.82, 2.24) is 25.0 Å². The van der Waals surface area contributed by atoms with Crippen LogP contribution in [-0.4, -0.2) is 38.2 Å². The number of nitrogens with one attached hydrogen (secondary N) is 1.